The number of nitro benzene ring substituents is 1. The van der Waals surface area contributed by atoms with Crippen molar-refractivity contribution in [2.45, 2.75) is 0 Å². The third-order valence-corrected chi connectivity index (χ3v) is 1.60. The van der Waals surface area contributed by atoms with Gasteiger partial charge >= 0.3 is 5.97 Å². The molecule has 0 atom stereocenters. The minimum Gasteiger partial charge on any atom is -0.422 e. The lowest BCUT2D eigenvalue weighted by Crippen LogP contribution is -2.20. The van der Waals surface area contributed by atoms with E-state index >= 15 is 0 Å². The monoisotopic (exact) mass is 165 g/mol. The first-order valence-electron chi connectivity index (χ1n) is 3.19. The van der Waals surface area contributed by atoms with Gasteiger partial charge in [0.05, 0.1) is 11.0 Å². The molecule has 1 aliphatic rings. The Balaban J connectivity index is 2.49. The molecule has 0 N–H and O–H groups in total. The van der Waals surface area contributed by atoms with E-state index in [2.05, 4.69) is 4.74 Å². The predicted molar refractivity (Wildman–Crippen MR) is 38.1 cm³/mol. The Kier molecular flexibility index (Phi) is 1.15. The number of nitrogens with zero attached hydrogens (tertiary/aromatic N) is 1. The van der Waals surface area contributed by atoms with Crippen LogP contribution in [0.4, 0.5) is 5.69 Å². The lowest BCUT2D eigenvalue weighted by Gasteiger charge is -2.15. The van der Waals surface area contributed by atoms with Gasteiger partial charge in [0.2, 0.25) is 0 Å². The standard InChI is InChI=1S/C7H3NO4/c9-7-5-2-1-4(8(10)11)3-6(5)12-7/h1-3H. The van der Waals surface area contributed by atoms with E-state index < -0.39 is 10.9 Å². The van der Waals surface area contributed by atoms with E-state index in [1.165, 1.54) is 18.2 Å². The Bertz CT molecular complexity index is 385. The Labute approximate surface area is 66.7 Å². The van der Waals surface area contributed by atoms with Crippen LogP contribution in [-0.2, 0) is 0 Å². The maximum atomic E-state index is 10.6. The Morgan fingerprint density at radius 1 is 1.42 bits per heavy atom. The van der Waals surface area contributed by atoms with Crippen LogP contribution in [-0.4, -0.2) is 10.9 Å². The van der Waals surface area contributed by atoms with E-state index in [0.717, 1.165) is 0 Å². The molecule has 1 aromatic rings. The van der Waals surface area contributed by atoms with E-state index in [-0.39, 0.29) is 11.4 Å². The van der Waals surface area contributed by atoms with Crippen LogP contribution in [0.2, 0.25) is 0 Å². The van der Waals surface area contributed by atoms with Crippen LogP contribution in [0.15, 0.2) is 18.2 Å². The largest absolute Gasteiger partial charge is 0.422 e. The Hall–Kier alpha value is -1.91. The van der Waals surface area contributed by atoms with Crippen LogP contribution < -0.4 is 4.74 Å². The zero-order valence-corrected chi connectivity index (χ0v) is 5.81. The van der Waals surface area contributed by atoms with Crippen LogP contribution >= 0.6 is 0 Å². The van der Waals surface area contributed by atoms with E-state index in [1.807, 2.05) is 0 Å². The Morgan fingerprint density at radius 2 is 2.17 bits per heavy atom. The second kappa shape index (κ2) is 2.04. The summed E-state index contributed by atoms with van der Waals surface area (Å²) in [5.41, 5.74) is 0.335. The predicted octanol–water partition coefficient (Wildman–Crippen LogP) is 1.13. The van der Waals surface area contributed by atoms with Crippen LogP contribution in [0.1, 0.15) is 10.4 Å². The molecule has 0 aliphatic carbocycles. The summed E-state index contributed by atoms with van der Waals surface area (Å²) >= 11 is 0. The molecule has 0 unspecified atom stereocenters. The minimum absolute atomic E-state index is 0.0683. The highest BCUT2D eigenvalue weighted by atomic mass is 16.6. The fourth-order valence-corrected chi connectivity index (χ4v) is 0.986. The van der Waals surface area contributed by atoms with Gasteiger partial charge in [0.25, 0.3) is 5.69 Å². The van der Waals surface area contributed by atoms with Gasteiger partial charge in [-0.2, -0.15) is 0 Å². The van der Waals surface area contributed by atoms with Crippen molar-refractivity contribution < 1.29 is 14.5 Å². The van der Waals surface area contributed by atoms with Crippen LogP contribution in [0.3, 0.4) is 0 Å². The van der Waals surface area contributed by atoms with Gasteiger partial charge in [-0.25, -0.2) is 4.79 Å². The van der Waals surface area contributed by atoms with Crippen molar-refractivity contribution >= 4 is 11.7 Å². The van der Waals surface area contributed by atoms with Crippen molar-refractivity contribution in [1.29, 1.82) is 0 Å². The molecular formula is C7H3NO4. The third kappa shape index (κ3) is 0.763. The van der Waals surface area contributed by atoms with Crippen molar-refractivity contribution in [1.82, 2.24) is 0 Å². The number of nitro groups is 1. The Morgan fingerprint density at radius 3 is 2.67 bits per heavy atom. The number of esters is 1. The van der Waals surface area contributed by atoms with E-state index in [4.69, 9.17) is 0 Å². The molecule has 1 aromatic carbocycles. The maximum absolute atomic E-state index is 10.6. The SMILES string of the molecule is O=C1Oc2cc([N+](=O)[O-])ccc21. The highest BCUT2D eigenvalue weighted by Crippen LogP contribution is 2.32. The zero-order valence-electron chi connectivity index (χ0n) is 5.81. The lowest BCUT2D eigenvalue weighted by molar-refractivity contribution is -0.385. The average molecular weight is 165 g/mol. The third-order valence-electron chi connectivity index (χ3n) is 1.60. The number of ether oxygens (including phenoxy) is 1. The summed E-state index contributed by atoms with van der Waals surface area (Å²) in [5, 5.41) is 10.2. The van der Waals surface area contributed by atoms with Crippen LogP contribution in [0.5, 0.6) is 5.75 Å². The van der Waals surface area contributed by atoms with Gasteiger partial charge in [0.1, 0.15) is 5.56 Å². The van der Waals surface area contributed by atoms with E-state index in [0.29, 0.717) is 5.56 Å². The lowest BCUT2D eigenvalue weighted by atomic mass is 10.1. The first kappa shape index (κ1) is 6.78. The summed E-state index contributed by atoms with van der Waals surface area (Å²) in [6, 6.07) is 3.90. The second-order valence-electron chi connectivity index (χ2n) is 2.33. The summed E-state index contributed by atoms with van der Waals surface area (Å²) < 4.78 is 4.53. The van der Waals surface area contributed by atoms with Crippen molar-refractivity contribution in [3.63, 3.8) is 0 Å². The highest BCUT2D eigenvalue weighted by molar-refractivity contribution is 6.01. The number of benzene rings is 1. The number of non-ortho nitro benzene ring substituents is 1. The number of hydrogen-bond acceptors (Lipinski definition) is 4. The molecule has 0 saturated heterocycles. The first-order chi connectivity index (χ1) is 5.68. The van der Waals surface area contributed by atoms with Gasteiger partial charge in [-0.1, -0.05) is 0 Å². The molecule has 60 valence electrons. The van der Waals surface area contributed by atoms with E-state index in [1.54, 1.807) is 0 Å². The molecule has 0 bridgehead atoms. The molecule has 0 spiro atoms. The second-order valence-corrected chi connectivity index (χ2v) is 2.33. The van der Waals surface area contributed by atoms with Gasteiger partial charge in [0.15, 0.2) is 5.75 Å². The highest BCUT2D eigenvalue weighted by Gasteiger charge is 2.27. The summed E-state index contributed by atoms with van der Waals surface area (Å²) in [6.07, 6.45) is 0. The minimum atomic E-state index is -0.535. The molecule has 5 heteroatoms. The molecule has 1 aliphatic heterocycles. The molecule has 0 radical (unpaired) electrons. The average Bonchev–Trinajstić information content (AvgIpc) is 2.01. The summed E-state index contributed by atoms with van der Waals surface area (Å²) in [6.45, 7) is 0. The van der Waals surface area contributed by atoms with Crippen LogP contribution in [0, 0.1) is 10.1 Å². The molecule has 5 nitrogen and oxygen atoms in total. The van der Waals surface area contributed by atoms with Gasteiger partial charge in [-0.05, 0) is 6.07 Å². The molecule has 0 aromatic heterocycles. The molecule has 12 heavy (non-hydrogen) atoms. The molecule has 0 fully saturated rings. The molecule has 0 saturated carbocycles. The molecule has 2 rings (SSSR count). The number of rotatable bonds is 1. The molecule has 0 amide bonds. The van der Waals surface area contributed by atoms with Gasteiger partial charge in [-0.3, -0.25) is 10.1 Å². The molecule has 1 heterocycles. The van der Waals surface area contributed by atoms with Gasteiger partial charge in [-0.15, -0.1) is 0 Å². The topological polar surface area (TPSA) is 69.4 Å². The smallest absolute Gasteiger partial charge is 0.347 e. The van der Waals surface area contributed by atoms with Crippen molar-refractivity contribution in [2.75, 3.05) is 0 Å². The first-order valence-corrected chi connectivity index (χ1v) is 3.19. The number of carbonyl (C=O) groups excluding carboxylic acids is 1. The van der Waals surface area contributed by atoms with Crippen molar-refractivity contribution in [2.24, 2.45) is 0 Å². The fourth-order valence-electron chi connectivity index (χ4n) is 0.986. The number of carbonyl (C=O) groups is 1. The van der Waals surface area contributed by atoms with E-state index in [9.17, 15) is 14.9 Å². The number of hydrogen-bond donors (Lipinski definition) is 0. The molecular weight excluding hydrogens is 162 g/mol. The zero-order chi connectivity index (χ0) is 8.72. The number of fused-ring (bicyclic) bond motifs is 1. The summed E-state index contributed by atoms with van der Waals surface area (Å²) in [7, 11) is 0. The normalized spacial score (nSPS) is 12.8. The van der Waals surface area contributed by atoms with Crippen molar-refractivity contribution in [3.05, 3.63) is 33.9 Å². The maximum Gasteiger partial charge on any atom is 0.347 e. The fraction of sp³-hybridized carbons (Fsp3) is 0. The van der Waals surface area contributed by atoms with Gasteiger partial charge < -0.3 is 4.74 Å². The van der Waals surface area contributed by atoms with Gasteiger partial charge in [0, 0.05) is 6.07 Å². The van der Waals surface area contributed by atoms with Crippen molar-refractivity contribution in [3.8, 4) is 5.75 Å². The summed E-state index contributed by atoms with van der Waals surface area (Å²) in [4.78, 5) is 20.3. The summed E-state index contributed by atoms with van der Waals surface area (Å²) in [5.74, 6) is -0.144. The van der Waals surface area contributed by atoms with Crippen LogP contribution in [0.25, 0.3) is 0 Å². The quantitative estimate of drug-likeness (QED) is 0.355.